The fraction of sp³-hybridized carbons (Fsp3) is 0.571. The molecule has 0 unspecified atom stereocenters. The number of hydrogen-bond acceptors (Lipinski definition) is 2. The molecule has 0 aliphatic heterocycles. The van der Waals surface area contributed by atoms with Crippen LogP contribution in [0.3, 0.4) is 0 Å². The van der Waals surface area contributed by atoms with Crippen LogP contribution in [0.4, 0.5) is 0 Å². The van der Waals surface area contributed by atoms with Gasteiger partial charge in [0.25, 0.3) is 0 Å². The average molecular weight is 256 g/mol. The number of ether oxygens (including phenoxy) is 1. The molecule has 17 heavy (non-hydrogen) atoms. The lowest BCUT2D eigenvalue weighted by molar-refractivity contribution is 0.328. The van der Waals surface area contributed by atoms with Crippen LogP contribution in [-0.2, 0) is 6.54 Å². The minimum atomic E-state index is 0.131. The standard InChI is InChI=1S/C14H22ClNO/c1-5-14(3,4)16-10-11-9-12(15)7-8-13(11)17-6-2/h7-9,16H,5-6,10H2,1-4H3. The van der Waals surface area contributed by atoms with Crippen molar-refractivity contribution in [2.24, 2.45) is 0 Å². The highest BCUT2D eigenvalue weighted by Gasteiger charge is 2.15. The first-order valence-corrected chi connectivity index (χ1v) is 6.52. The number of rotatable bonds is 6. The average Bonchev–Trinajstić information content (AvgIpc) is 2.30. The van der Waals surface area contributed by atoms with E-state index in [2.05, 4.69) is 26.1 Å². The van der Waals surface area contributed by atoms with E-state index in [0.717, 1.165) is 29.3 Å². The predicted octanol–water partition coefficient (Wildman–Crippen LogP) is 4.02. The first kappa shape index (κ1) is 14.3. The Bertz CT molecular complexity index is 363. The maximum atomic E-state index is 6.02. The van der Waals surface area contributed by atoms with Gasteiger partial charge in [0.05, 0.1) is 6.61 Å². The summed E-state index contributed by atoms with van der Waals surface area (Å²) in [6.45, 7) is 9.99. The first-order chi connectivity index (χ1) is 7.98. The van der Waals surface area contributed by atoms with Gasteiger partial charge in [0.2, 0.25) is 0 Å². The highest BCUT2D eigenvalue weighted by Crippen LogP contribution is 2.23. The summed E-state index contributed by atoms with van der Waals surface area (Å²) in [7, 11) is 0. The van der Waals surface area contributed by atoms with E-state index in [4.69, 9.17) is 16.3 Å². The molecule has 0 radical (unpaired) electrons. The Morgan fingerprint density at radius 2 is 2.00 bits per heavy atom. The third-order valence-corrected chi connectivity index (χ3v) is 3.20. The zero-order valence-electron chi connectivity index (χ0n) is 11.1. The quantitative estimate of drug-likeness (QED) is 0.829. The minimum Gasteiger partial charge on any atom is -0.494 e. The van der Waals surface area contributed by atoms with E-state index in [0.29, 0.717) is 6.61 Å². The van der Waals surface area contributed by atoms with E-state index >= 15 is 0 Å². The van der Waals surface area contributed by atoms with Crippen molar-refractivity contribution in [3.63, 3.8) is 0 Å². The lowest BCUT2D eigenvalue weighted by atomic mass is 10.0. The predicted molar refractivity (Wildman–Crippen MR) is 73.8 cm³/mol. The van der Waals surface area contributed by atoms with Crippen LogP contribution in [0.5, 0.6) is 5.75 Å². The summed E-state index contributed by atoms with van der Waals surface area (Å²) in [5.74, 6) is 0.913. The molecule has 0 amide bonds. The molecule has 0 aliphatic carbocycles. The SMILES string of the molecule is CCOc1ccc(Cl)cc1CNC(C)(C)CC. The second-order valence-corrected chi connectivity index (χ2v) is 5.21. The Morgan fingerprint density at radius 3 is 2.59 bits per heavy atom. The lowest BCUT2D eigenvalue weighted by Crippen LogP contribution is -2.37. The van der Waals surface area contributed by atoms with Gasteiger partial charge in [0.1, 0.15) is 5.75 Å². The summed E-state index contributed by atoms with van der Waals surface area (Å²) < 4.78 is 5.59. The molecule has 0 spiro atoms. The van der Waals surface area contributed by atoms with Crippen LogP contribution in [-0.4, -0.2) is 12.1 Å². The van der Waals surface area contributed by atoms with Crippen LogP contribution in [0, 0.1) is 0 Å². The van der Waals surface area contributed by atoms with Gasteiger partial charge in [-0.25, -0.2) is 0 Å². The topological polar surface area (TPSA) is 21.3 Å². The molecule has 1 rings (SSSR count). The first-order valence-electron chi connectivity index (χ1n) is 6.14. The summed E-state index contributed by atoms with van der Waals surface area (Å²) in [6, 6.07) is 5.76. The van der Waals surface area contributed by atoms with Crippen molar-refractivity contribution in [1.29, 1.82) is 0 Å². The van der Waals surface area contributed by atoms with E-state index in [-0.39, 0.29) is 5.54 Å². The van der Waals surface area contributed by atoms with Crippen LogP contribution in [0.15, 0.2) is 18.2 Å². The molecule has 3 heteroatoms. The number of halogens is 1. The fourth-order valence-corrected chi connectivity index (χ4v) is 1.64. The van der Waals surface area contributed by atoms with Crippen LogP contribution in [0.25, 0.3) is 0 Å². The van der Waals surface area contributed by atoms with Gasteiger partial charge in [0.15, 0.2) is 0 Å². The summed E-state index contributed by atoms with van der Waals surface area (Å²) in [4.78, 5) is 0. The molecule has 0 aliphatic rings. The van der Waals surface area contributed by atoms with E-state index < -0.39 is 0 Å². The van der Waals surface area contributed by atoms with Gasteiger partial charge in [-0.3, -0.25) is 0 Å². The Balaban J connectivity index is 2.77. The van der Waals surface area contributed by atoms with E-state index in [1.165, 1.54) is 0 Å². The van der Waals surface area contributed by atoms with Crippen LogP contribution in [0.1, 0.15) is 39.7 Å². The van der Waals surface area contributed by atoms with Crippen molar-refractivity contribution in [2.75, 3.05) is 6.61 Å². The molecule has 2 nitrogen and oxygen atoms in total. The largest absolute Gasteiger partial charge is 0.494 e. The zero-order chi connectivity index (χ0) is 12.9. The molecule has 1 aromatic carbocycles. The molecular weight excluding hydrogens is 234 g/mol. The smallest absolute Gasteiger partial charge is 0.123 e. The summed E-state index contributed by atoms with van der Waals surface area (Å²) in [5, 5.41) is 4.26. The molecule has 0 fully saturated rings. The summed E-state index contributed by atoms with van der Waals surface area (Å²) in [5.41, 5.74) is 1.24. The highest BCUT2D eigenvalue weighted by molar-refractivity contribution is 6.30. The maximum Gasteiger partial charge on any atom is 0.123 e. The zero-order valence-corrected chi connectivity index (χ0v) is 11.9. The molecule has 0 saturated carbocycles. The van der Waals surface area contributed by atoms with Gasteiger partial charge in [-0.1, -0.05) is 18.5 Å². The minimum absolute atomic E-state index is 0.131. The van der Waals surface area contributed by atoms with E-state index in [9.17, 15) is 0 Å². The highest BCUT2D eigenvalue weighted by atomic mass is 35.5. The molecule has 0 heterocycles. The number of nitrogens with one attached hydrogen (secondary N) is 1. The van der Waals surface area contributed by atoms with Gasteiger partial charge < -0.3 is 10.1 Å². The fourth-order valence-electron chi connectivity index (χ4n) is 1.44. The number of benzene rings is 1. The van der Waals surface area contributed by atoms with Gasteiger partial charge in [-0.15, -0.1) is 0 Å². The molecular formula is C14H22ClNO. The van der Waals surface area contributed by atoms with Gasteiger partial charge in [0, 0.05) is 22.7 Å². The number of hydrogen-bond donors (Lipinski definition) is 1. The molecule has 0 atom stereocenters. The maximum absolute atomic E-state index is 6.02. The summed E-state index contributed by atoms with van der Waals surface area (Å²) in [6.07, 6.45) is 1.08. The van der Waals surface area contributed by atoms with Crippen molar-refractivity contribution in [3.05, 3.63) is 28.8 Å². The van der Waals surface area contributed by atoms with Gasteiger partial charge in [-0.2, -0.15) is 0 Å². The third-order valence-electron chi connectivity index (χ3n) is 2.96. The van der Waals surface area contributed by atoms with Crippen molar-refractivity contribution < 1.29 is 4.74 Å². The van der Waals surface area contributed by atoms with Crippen molar-refractivity contribution in [1.82, 2.24) is 5.32 Å². The second kappa shape index (κ2) is 6.27. The van der Waals surface area contributed by atoms with E-state index in [1.54, 1.807) is 0 Å². The second-order valence-electron chi connectivity index (χ2n) is 4.78. The molecule has 1 N–H and O–H groups in total. The van der Waals surface area contributed by atoms with Crippen LogP contribution in [0.2, 0.25) is 5.02 Å². The van der Waals surface area contributed by atoms with Crippen LogP contribution < -0.4 is 10.1 Å². The van der Waals surface area contributed by atoms with Crippen molar-refractivity contribution in [3.8, 4) is 5.75 Å². The Hall–Kier alpha value is -0.730. The van der Waals surface area contributed by atoms with Gasteiger partial charge >= 0.3 is 0 Å². The Morgan fingerprint density at radius 1 is 1.29 bits per heavy atom. The molecule has 0 saturated heterocycles. The van der Waals surface area contributed by atoms with E-state index in [1.807, 2.05) is 25.1 Å². The monoisotopic (exact) mass is 255 g/mol. The molecule has 96 valence electrons. The third kappa shape index (κ3) is 4.57. The van der Waals surface area contributed by atoms with Gasteiger partial charge in [-0.05, 0) is 45.4 Å². The molecule has 0 bridgehead atoms. The van der Waals surface area contributed by atoms with Crippen molar-refractivity contribution in [2.45, 2.75) is 46.2 Å². The van der Waals surface area contributed by atoms with Crippen molar-refractivity contribution >= 4 is 11.6 Å². The summed E-state index contributed by atoms with van der Waals surface area (Å²) >= 11 is 6.02. The molecule has 0 aromatic heterocycles. The molecule has 1 aromatic rings. The lowest BCUT2D eigenvalue weighted by Gasteiger charge is -2.25. The Labute approximate surface area is 109 Å². The van der Waals surface area contributed by atoms with Crippen LogP contribution >= 0.6 is 11.6 Å². The Kier molecular flexibility index (Phi) is 5.29. The normalized spacial score (nSPS) is 11.6.